The molecule has 2 aromatic rings. The largest absolute Gasteiger partial charge is 0.573 e. The van der Waals surface area contributed by atoms with Gasteiger partial charge < -0.3 is 10.1 Å². The lowest BCUT2D eigenvalue weighted by atomic mass is 10.1. The van der Waals surface area contributed by atoms with Gasteiger partial charge in [0.25, 0.3) is 0 Å². The van der Waals surface area contributed by atoms with Crippen LogP contribution in [0.5, 0.6) is 5.75 Å². The highest BCUT2D eigenvalue weighted by molar-refractivity contribution is 5.76. The highest BCUT2D eigenvalue weighted by atomic mass is 19.4. The molecule has 0 fully saturated rings. The Morgan fingerprint density at radius 3 is 2.24 bits per heavy atom. The topological polar surface area (TPSA) is 21.3 Å². The van der Waals surface area contributed by atoms with Crippen LogP contribution in [-0.2, 0) is 0 Å². The third kappa shape index (κ3) is 4.27. The number of ether oxygens (including phenoxy) is 1. The molecule has 2 nitrogen and oxygen atoms in total. The van der Waals surface area contributed by atoms with Crippen LogP contribution in [0, 0.1) is 6.92 Å². The molecule has 5 heteroatoms. The molecule has 21 heavy (non-hydrogen) atoms. The fourth-order valence-corrected chi connectivity index (χ4v) is 1.81. The molecule has 0 aliphatic carbocycles. The summed E-state index contributed by atoms with van der Waals surface area (Å²) in [7, 11) is 0. The number of aryl methyl sites for hydroxylation is 1. The van der Waals surface area contributed by atoms with E-state index in [2.05, 4.69) is 16.6 Å². The van der Waals surface area contributed by atoms with Gasteiger partial charge in [-0.1, -0.05) is 24.8 Å². The Kier molecular flexibility index (Phi) is 4.21. The van der Waals surface area contributed by atoms with Gasteiger partial charge in [-0.25, -0.2) is 0 Å². The molecule has 2 aromatic carbocycles. The first-order valence-electron chi connectivity index (χ1n) is 6.23. The van der Waals surface area contributed by atoms with Crippen molar-refractivity contribution in [1.29, 1.82) is 0 Å². The predicted molar refractivity (Wildman–Crippen MR) is 77.0 cm³/mol. The van der Waals surface area contributed by atoms with Gasteiger partial charge >= 0.3 is 6.36 Å². The Balaban J connectivity index is 2.08. The van der Waals surface area contributed by atoms with E-state index in [1.807, 2.05) is 31.2 Å². The molecular formula is C16H14F3NO. The highest BCUT2D eigenvalue weighted by Crippen LogP contribution is 2.25. The molecule has 0 saturated carbocycles. The molecule has 0 radical (unpaired) electrons. The summed E-state index contributed by atoms with van der Waals surface area (Å²) >= 11 is 0. The third-order valence-corrected chi connectivity index (χ3v) is 2.87. The van der Waals surface area contributed by atoms with E-state index >= 15 is 0 Å². The molecular weight excluding hydrogens is 279 g/mol. The van der Waals surface area contributed by atoms with Gasteiger partial charge in [-0.3, -0.25) is 0 Å². The molecule has 0 spiro atoms. The van der Waals surface area contributed by atoms with E-state index in [0.717, 1.165) is 11.3 Å². The Hall–Kier alpha value is -2.43. The van der Waals surface area contributed by atoms with Crippen LogP contribution in [0.1, 0.15) is 11.1 Å². The first-order valence-corrected chi connectivity index (χ1v) is 6.23. The van der Waals surface area contributed by atoms with Crippen molar-refractivity contribution in [3.8, 4) is 5.75 Å². The summed E-state index contributed by atoms with van der Waals surface area (Å²) in [6, 6.07) is 13.2. The molecule has 0 aliphatic heterocycles. The minimum Gasteiger partial charge on any atom is -0.406 e. The molecule has 110 valence electrons. The number of halogens is 3. The van der Waals surface area contributed by atoms with Crippen LogP contribution < -0.4 is 10.1 Å². The first kappa shape index (κ1) is 15.0. The molecule has 0 amide bonds. The number of para-hydroxylation sites is 1. The zero-order valence-corrected chi connectivity index (χ0v) is 11.4. The lowest BCUT2D eigenvalue weighted by Gasteiger charge is -2.13. The summed E-state index contributed by atoms with van der Waals surface area (Å²) in [5, 5.41) is 3.14. The zero-order valence-electron chi connectivity index (χ0n) is 11.4. The lowest BCUT2D eigenvalue weighted by molar-refractivity contribution is -0.274. The maximum atomic E-state index is 12.1. The van der Waals surface area contributed by atoms with Gasteiger partial charge in [-0.15, -0.1) is 13.2 Å². The monoisotopic (exact) mass is 293 g/mol. The summed E-state index contributed by atoms with van der Waals surface area (Å²) in [6.45, 7) is 5.85. The number of benzene rings is 2. The van der Waals surface area contributed by atoms with Gasteiger partial charge in [-0.05, 0) is 48.4 Å². The molecule has 0 bridgehead atoms. The minimum absolute atomic E-state index is 0.255. The molecule has 1 N–H and O–H groups in total. The molecule has 0 saturated heterocycles. The Morgan fingerprint density at radius 2 is 1.67 bits per heavy atom. The van der Waals surface area contributed by atoms with E-state index in [1.54, 1.807) is 0 Å². The molecule has 0 heterocycles. The van der Waals surface area contributed by atoms with Crippen molar-refractivity contribution in [2.75, 3.05) is 5.32 Å². The van der Waals surface area contributed by atoms with Crippen molar-refractivity contribution in [2.24, 2.45) is 0 Å². The highest BCUT2D eigenvalue weighted by Gasteiger charge is 2.30. The number of nitrogens with one attached hydrogen (secondary N) is 1. The number of alkyl halides is 3. The Bertz CT molecular complexity index is 633. The molecule has 0 unspecified atom stereocenters. The fourth-order valence-electron chi connectivity index (χ4n) is 1.81. The summed E-state index contributed by atoms with van der Waals surface area (Å²) in [5.41, 5.74) is 3.24. The van der Waals surface area contributed by atoms with Gasteiger partial charge in [0.15, 0.2) is 0 Å². The van der Waals surface area contributed by atoms with Crippen molar-refractivity contribution >= 4 is 11.4 Å². The van der Waals surface area contributed by atoms with E-state index in [-0.39, 0.29) is 5.75 Å². The van der Waals surface area contributed by atoms with Gasteiger partial charge in [0, 0.05) is 11.4 Å². The SMILES string of the molecule is C=C(Nc1ccccc1C)c1ccc(OC(F)(F)F)cc1. The number of hydrogen-bond acceptors (Lipinski definition) is 2. The smallest absolute Gasteiger partial charge is 0.406 e. The lowest BCUT2D eigenvalue weighted by Crippen LogP contribution is -2.17. The number of rotatable bonds is 4. The van der Waals surface area contributed by atoms with Crippen molar-refractivity contribution in [1.82, 2.24) is 0 Å². The average Bonchev–Trinajstić information content (AvgIpc) is 2.40. The zero-order chi connectivity index (χ0) is 15.5. The van der Waals surface area contributed by atoms with Crippen LogP contribution in [0.4, 0.5) is 18.9 Å². The van der Waals surface area contributed by atoms with E-state index in [4.69, 9.17) is 0 Å². The molecule has 0 atom stereocenters. The van der Waals surface area contributed by atoms with E-state index < -0.39 is 6.36 Å². The Labute approximate surface area is 120 Å². The van der Waals surface area contributed by atoms with Crippen LogP contribution in [0.3, 0.4) is 0 Å². The second-order valence-corrected chi connectivity index (χ2v) is 4.49. The second-order valence-electron chi connectivity index (χ2n) is 4.49. The molecule has 0 aromatic heterocycles. The predicted octanol–water partition coefficient (Wildman–Crippen LogP) is 4.98. The Morgan fingerprint density at radius 1 is 1.05 bits per heavy atom. The van der Waals surface area contributed by atoms with Crippen molar-refractivity contribution < 1.29 is 17.9 Å². The fraction of sp³-hybridized carbons (Fsp3) is 0.125. The van der Waals surface area contributed by atoms with Gasteiger partial charge in [0.2, 0.25) is 0 Å². The summed E-state index contributed by atoms with van der Waals surface area (Å²) in [4.78, 5) is 0. The van der Waals surface area contributed by atoms with Crippen LogP contribution in [0.2, 0.25) is 0 Å². The third-order valence-electron chi connectivity index (χ3n) is 2.87. The van der Waals surface area contributed by atoms with Crippen molar-refractivity contribution in [2.45, 2.75) is 13.3 Å². The standard InChI is InChI=1S/C16H14F3NO/c1-11-5-3-4-6-15(11)20-12(2)13-7-9-14(10-8-13)21-16(17,18)19/h3-10,20H,2H2,1H3. The maximum Gasteiger partial charge on any atom is 0.573 e. The molecule has 0 aliphatic rings. The van der Waals surface area contributed by atoms with E-state index in [0.29, 0.717) is 11.3 Å². The van der Waals surface area contributed by atoms with Gasteiger partial charge in [-0.2, -0.15) is 0 Å². The normalized spacial score (nSPS) is 11.0. The number of hydrogen-bond donors (Lipinski definition) is 1. The number of anilines is 1. The van der Waals surface area contributed by atoms with Crippen molar-refractivity contribution in [3.63, 3.8) is 0 Å². The van der Waals surface area contributed by atoms with Crippen LogP contribution in [-0.4, -0.2) is 6.36 Å². The van der Waals surface area contributed by atoms with Crippen LogP contribution >= 0.6 is 0 Å². The van der Waals surface area contributed by atoms with Crippen molar-refractivity contribution in [3.05, 3.63) is 66.2 Å². The first-order chi connectivity index (χ1) is 9.85. The summed E-state index contributed by atoms with van der Waals surface area (Å²) < 4.78 is 40.1. The maximum absolute atomic E-state index is 12.1. The average molecular weight is 293 g/mol. The van der Waals surface area contributed by atoms with Crippen LogP contribution in [0.25, 0.3) is 5.70 Å². The van der Waals surface area contributed by atoms with Gasteiger partial charge in [0.1, 0.15) is 5.75 Å². The van der Waals surface area contributed by atoms with E-state index in [1.165, 1.54) is 24.3 Å². The summed E-state index contributed by atoms with van der Waals surface area (Å²) in [5.74, 6) is -0.255. The minimum atomic E-state index is -4.68. The van der Waals surface area contributed by atoms with E-state index in [9.17, 15) is 13.2 Å². The summed E-state index contributed by atoms with van der Waals surface area (Å²) in [6.07, 6.45) is -4.68. The van der Waals surface area contributed by atoms with Crippen LogP contribution in [0.15, 0.2) is 55.1 Å². The second kappa shape index (κ2) is 5.91. The molecule has 2 rings (SSSR count). The van der Waals surface area contributed by atoms with Gasteiger partial charge in [0.05, 0.1) is 0 Å². The quantitative estimate of drug-likeness (QED) is 0.858.